The molecular weight excluding hydrogens is 560 g/mol. The molecule has 0 saturated heterocycles. The number of hydrogen-bond acceptors (Lipinski definition) is 10. The summed E-state index contributed by atoms with van der Waals surface area (Å²) >= 11 is 0. The van der Waals surface area contributed by atoms with Crippen LogP contribution in [0.4, 0.5) is 5.69 Å². The van der Waals surface area contributed by atoms with Gasteiger partial charge in [-0.1, -0.05) is 19.9 Å². The SMILES string of the molecule is CCc1ccn(CC(=O)Nc2ccc3c(c2O)C(O)=C2C(=O)[C@]4(O)C(O)=C(C(N)=O)C(=O)[C@@H](N(C)C)C4C(O)C2C3C)c1. The molecule has 6 atom stereocenters. The number of likely N-dealkylation sites (N-methyl/N-ethyl adjacent to an activating group) is 1. The van der Waals surface area contributed by atoms with Crippen molar-refractivity contribution in [1.82, 2.24) is 9.47 Å². The predicted molar refractivity (Wildman–Crippen MR) is 153 cm³/mol. The lowest BCUT2D eigenvalue weighted by molar-refractivity contribution is -0.169. The number of primary amides is 1. The minimum atomic E-state index is -3.00. The maximum absolute atomic E-state index is 14.1. The average molecular weight is 595 g/mol. The van der Waals surface area contributed by atoms with Crippen molar-refractivity contribution in [1.29, 1.82) is 0 Å². The number of nitrogens with two attached hydrogens (primary N) is 1. The fourth-order valence-electron chi connectivity index (χ4n) is 6.87. The second-order valence-corrected chi connectivity index (χ2v) is 11.6. The minimum Gasteiger partial charge on any atom is -0.508 e. The molecular formula is C30H34N4O9. The molecule has 43 heavy (non-hydrogen) atoms. The van der Waals surface area contributed by atoms with Crippen LogP contribution in [0, 0.1) is 11.8 Å². The van der Waals surface area contributed by atoms with Gasteiger partial charge in [0.2, 0.25) is 11.7 Å². The number of aryl methyl sites for hydroxylation is 1. The summed E-state index contributed by atoms with van der Waals surface area (Å²) in [5.41, 5.74) is 1.95. The Morgan fingerprint density at radius 2 is 1.81 bits per heavy atom. The van der Waals surface area contributed by atoms with Crippen molar-refractivity contribution in [3.63, 3.8) is 0 Å². The van der Waals surface area contributed by atoms with E-state index in [2.05, 4.69) is 5.32 Å². The van der Waals surface area contributed by atoms with Gasteiger partial charge < -0.3 is 41.2 Å². The summed E-state index contributed by atoms with van der Waals surface area (Å²) in [6.45, 7) is 3.56. The standard InChI is InChI=1S/C30H34N4O9/c1-5-13-8-9-34(10-13)11-16(35)32-15-7-6-14-12(2)17-19(24(37)18(14)23(15)36)27(40)30(43)21(25(17)38)22(33(3)4)26(39)20(28(30)41)29(31)42/h6-10,12,17,21-22,25,36-38,41,43H,5,11H2,1-4H3,(H2,31,42)(H,32,35)/t12?,17?,21?,22-,25?,30-/m0/s1. The number of nitrogens with zero attached hydrogens (tertiary/aromatic N) is 2. The van der Waals surface area contributed by atoms with Crippen LogP contribution in [0.2, 0.25) is 0 Å². The Morgan fingerprint density at radius 1 is 1.14 bits per heavy atom. The number of benzene rings is 1. The van der Waals surface area contributed by atoms with Crippen molar-refractivity contribution in [3.8, 4) is 5.75 Å². The molecule has 2 amide bonds. The number of fused-ring (bicyclic) bond motifs is 3. The van der Waals surface area contributed by atoms with Crippen LogP contribution in [0.15, 0.2) is 47.5 Å². The number of carbonyl (C=O) groups excluding carboxylic acids is 4. The molecule has 8 N–H and O–H groups in total. The van der Waals surface area contributed by atoms with Crippen LogP contribution in [0.3, 0.4) is 0 Å². The highest BCUT2D eigenvalue weighted by Gasteiger charge is 2.68. The van der Waals surface area contributed by atoms with E-state index >= 15 is 0 Å². The molecule has 228 valence electrons. The Hall–Kier alpha value is -4.46. The molecule has 0 spiro atoms. The van der Waals surface area contributed by atoms with E-state index in [0.717, 1.165) is 12.0 Å². The van der Waals surface area contributed by atoms with E-state index < -0.39 is 87.3 Å². The zero-order valence-corrected chi connectivity index (χ0v) is 24.0. The Labute approximate surface area is 246 Å². The smallest absolute Gasteiger partial charge is 0.255 e. The maximum Gasteiger partial charge on any atom is 0.255 e. The quantitative estimate of drug-likeness (QED) is 0.181. The number of Topliss-reactive ketones (excluding diaryl/α,β-unsaturated/α-hetero) is 2. The molecule has 1 fully saturated rings. The van der Waals surface area contributed by atoms with Crippen LogP contribution in [-0.4, -0.2) is 90.2 Å². The first kappa shape index (κ1) is 30.0. The van der Waals surface area contributed by atoms with Gasteiger partial charge in [0.05, 0.1) is 29.3 Å². The largest absolute Gasteiger partial charge is 0.508 e. The van der Waals surface area contributed by atoms with Gasteiger partial charge >= 0.3 is 0 Å². The molecule has 1 aromatic heterocycles. The lowest BCUT2D eigenvalue weighted by Crippen LogP contribution is -2.70. The molecule has 1 saturated carbocycles. The van der Waals surface area contributed by atoms with Gasteiger partial charge in [0.15, 0.2) is 11.4 Å². The Morgan fingerprint density at radius 3 is 2.40 bits per heavy atom. The van der Waals surface area contributed by atoms with Crippen molar-refractivity contribution in [3.05, 3.63) is 64.2 Å². The second kappa shape index (κ2) is 10.4. The van der Waals surface area contributed by atoms with Gasteiger partial charge in [0.25, 0.3) is 5.91 Å². The highest BCUT2D eigenvalue weighted by atomic mass is 16.4. The van der Waals surface area contributed by atoms with Crippen LogP contribution < -0.4 is 11.1 Å². The molecule has 0 radical (unpaired) electrons. The number of ketones is 2. The Balaban J connectivity index is 1.61. The lowest BCUT2D eigenvalue weighted by Gasteiger charge is -2.53. The summed E-state index contributed by atoms with van der Waals surface area (Å²) in [6, 6.07) is 3.41. The lowest BCUT2D eigenvalue weighted by atomic mass is 9.54. The maximum atomic E-state index is 14.1. The number of phenolic OH excluding ortho intramolecular Hbond substituents is 1. The van der Waals surface area contributed by atoms with Gasteiger partial charge in [-0.05, 0) is 49.7 Å². The van der Waals surface area contributed by atoms with Gasteiger partial charge in [-0.15, -0.1) is 0 Å². The zero-order valence-electron chi connectivity index (χ0n) is 24.0. The monoisotopic (exact) mass is 594 g/mol. The van der Waals surface area contributed by atoms with Crippen molar-refractivity contribution >= 4 is 34.8 Å². The third-order valence-electron chi connectivity index (χ3n) is 8.95. The summed E-state index contributed by atoms with van der Waals surface area (Å²) in [5.74, 6) is -10.3. The number of aliphatic hydroxyl groups excluding tert-OH is 3. The molecule has 5 rings (SSSR count). The van der Waals surface area contributed by atoms with Gasteiger partial charge in [0.1, 0.15) is 29.4 Å². The van der Waals surface area contributed by atoms with Crippen LogP contribution in [0.1, 0.15) is 36.5 Å². The summed E-state index contributed by atoms with van der Waals surface area (Å²) in [6.07, 6.45) is 2.66. The van der Waals surface area contributed by atoms with Crippen molar-refractivity contribution in [2.75, 3.05) is 19.4 Å². The molecule has 3 aliphatic rings. The number of amides is 2. The molecule has 13 heteroatoms. The molecule has 0 bridgehead atoms. The van der Waals surface area contributed by atoms with E-state index in [1.54, 1.807) is 17.7 Å². The van der Waals surface area contributed by atoms with Crippen molar-refractivity contribution in [2.24, 2.45) is 17.6 Å². The van der Waals surface area contributed by atoms with Crippen LogP contribution >= 0.6 is 0 Å². The highest BCUT2D eigenvalue weighted by molar-refractivity contribution is 6.24. The first-order valence-corrected chi connectivity index (χ1v) is 13.8. The predicted octanol–water partition coefficient (Wildman–Crippen LogP) is 0.498. The normalized spacial score (nSPS) is 28.5. The molecule has 13 nitrogen and oxygen atoms in total. The highest BCUT2D eigenvalue weighted by Crippen LogP contribution is 2.56. The molecule has 1 heterocycles. The topological polar surface area (TPSA) is 216 Å². The third-order valence-corrected chi connectivity index (χ3v) is 8.95. The number of anilines is 1. The number of hydrogen-bond donors (Lipinski definition) is 7. The molecule has 4 unspecified atom stereocenters. The van der Waals surface area contributed by atoms with E-state index in [4.69, 9.17) is 5.73 Å². The first-order valence-electron chi connectivity index (χ1n) is 13.8. The number of aromatic hydroxyl groups is 1. The van der Waals surface area contributed by atoms with E-state index in [-0.39, 0.29) is 17.8 Å². The number of nitrogens with one attached hydrogen (secondary N) is 1. The minimum absolute atomic E-state index is 0.0548. The van der Waals surface area contributed by atoms with Gasteiger partial charge in [-0.25, -0.2) is 0 Å². The van der Waals surface area contributed by atoms with Crippen LogP contribution in [-0.2, 0) is 32.1 Å². The summed E-state index contributed by atoms with van der Waals surface area (Å²) in [7, 11) is 2.88. The van der Waals surface area contributed by atoms with Crippen LogP contribution in [0.5, 0.6) is 5.75 Å². The molecule has 1 aromatic carbocycles. The van der Waals surface area contributed by atoms with Gasteiger partial charge in [-0.2, -0.15) is 0 Å². The molecule has 3 aliphatic carbocycles. The summed E-state index contributed by atoms with van der Waals surface area (Å²) in [4.78, 5) is 53.6. The number of aromatic nitrogens is 1. The third kappa shape index (κ3) is 4.26. The number of carbonyl (C=O) groups is 4. The number of phenols is 1. The summed E-state index contributed by atoms with van der Waals surface area (Å²) in [5, 5.41) is 59.7. The Kier molecular flexibility index (Phi) is 7.23. The van der Waals surface area contributed by atoms with E-state index in [1.807, 2.05) is 19.2 Å². The van der Waals surface area contributed by atoms with E-state index in [0.29, 0.717) is 5.56 Å². The fraction of sp³-hybridized carbons (Fsp3) is 0.400. The van der Waals surface area contributed by atoms with Crippen molar-refractivity contribution < 1.29 is 44.7 Å². The first-order chi connectivity index (χ1) is 20.2. The van der Waals surface area contributed by atoms with Gasteiger partial charge in [0, 0.05) is 23.9 Å². The number of aliphatic hydroxyl groups is 4. The van der Waals surface area contributed by atoms with E-state index in [9.17, 15) is 44.7 Å². The van der Waals surface area contributed by atoms with Crippen LogP contribution in [0.25, 0.3) is 5.76 Å². The van der Waals surface area contributed by atoms with Gasteiger partial charge in [-0.3, -0.25) is 24.1 Å². The number of rotatable bonds is 6. The van der Waals surface area contributed by atoms with Crippen molar-refractivity contribution in [2.45, 2.75) is 50.5 Å². The second-order valence-electron chi connectivity index (χ2n) is 11.6. The molecule has 0 aliphatic heterocycles. The summed E-state index contributed by atoms with van der Waals surface area (Å²) < 4.78 is 1.67. The Bertz CT molecular complexity index is 1640. The molecule has 2 aromatic rings. The zero-order chi connectivity index (χ0) is 31.7. The van der Waals surface area contributed by atoms with E-state index in [1.165, 1.54) is 31.1 Å². The fourth-order valence-corrected chi connectivity index (χ4v) is 6.87. The average Bonchev–Trinajstić information content (AvgIpc) is 3.39.